The lowest BCUT2D eigenvalue weighted by Gasteiger charge is -2.11. The summed E-state index contributed by atoms with van der Waals surface area (Å²) in [5.74, 6) is 0. The Morgan fingerprint density at radius 1 is 1.63 bits per heavy atom. The van der Waals surface area contributed by atoms with Gasteiger partial charge < -0.3 is 10.4 Å². The van der Waals surface area contributed by atoms with Crippen LogP contribution in [0.15, 0.2) is 11.0 Å². The number of nitrogens with one attached hydrogen (secondary N) is 1. The van der Waals surface area contributed by atoms with Gasteiger partial charge in [-0.2, -0.15) is 5.10 Å². The number of hydrogen-bond donors (Lipinski definition) is 2. The van der Waals surface area contributed by atoms with E-state index in [-0.39, 0.29) is 23.4 Å². The summed E-state index contributed by atoms with van der Waals surface area (Å²) in [4.78, 5) is 11.8. The van der Waals surface area contributed by atoms with Crippen LogP contribution in [0.1, 0.15) is 13.3 Å². The second-order valence-corrected chi connectivity index (χ2v) is 6.33. The van der Waals surface area contributed by atoms with Gasteiger partial charge in [-0.15, -0.1) is 0 Å². The topological polar surface area (TPSA) is 84.2 Å². The Morgan fingerprint density at radius 3 is 2.89 bits per heavy atom. The molecule has 0 spiro atoms. The average Bonchev–Trinajstić information content (AvgIpc) is 2.37. The van der Waals surface area contributed by atoms with Crippen molar-refractivity contribution in [2.45, 2.75) is 25.1 Å². The SMILES string of the molecule is CC(CCNc1cnn(CCO)c(=O)c1Cl)S(C)=O. The van der Waals surface area contributed by atoms with Gasteiger partial charge in [0.05, 0.1) is 25.0 Å². The first-order chi connectivity index (χ1) is 8.97. The van der Waals surface area contributed by atoms with Crippen molar-refractivity contribution >= 4 is 28.1 Å². The van der Waals surface area contributed by atoms with Crippen LogP contribution in [0.2, 0.25) is 5.02 Å². The number of nitrogens with zero attached hydrogens (tertiary/aromatic N) is 2. The maximum absolute atomic E-state index is 11.8. The van der Waals surface area contributed by atoms with Crippen molar-refractivity contribution in [3.63, 3.8) is 0 Å². The largest absolute Gasteiger partial charge is 0.394 e. The van der Waals surface area contributed by atoms with Gasteiger partial charge in [-0.05, 0) is 6.42 Å². The Morgan fingerprint density at radius 2 is 2.32 bits per heavy atom. The number of halogens is 1. The zero-order valence-electron chi connectivity index (χ0n) is 10.9. The zero-order chi connectivity index (χ0) is 14.4. The summed E-state index contributed by atoms with van der Waals surface area (Å²) in [6.45, 7) is 2.41. The second-order valence-electron chi connectivity index (χ2n) is 4.15. The third-order valence-electron chi connectivity index (χ3n) is 2.73. The molecule has 2 unspecified atom stereocenters. The van der Waals surface area contributed by atoms with Gasteiger partial charge in [0.1, 0.15) is 5.02 Å². The molecule has 0 saturated heterocycles. The van der Waals surface area contributed by atoms with Crippen LogP contribution in [-0.4, -0.2) is 43.8 Å². The number of aliphatic hydroxyl groups excluding tert-OH is 1. The number of hydrogen-bond acceptors (Lipinski definition) is 5. The van der Waals surface area contributed by atoms with Crippen molar-refractivity contribution in [1.82, 2.24) is 9.78 Å². The predicted molar refractivity (Wildman–Crippen MR) is 77.2 cm³/mol. The first-order valence-electron chi connectivity index (χ1n) is 5.90. The van der Waals surface area contributed by atoms with Crippen molar-refractivity contribution in [3.8, 4) is 0 Å². The minimum atomic E-state index is -0.867. The highest BCUT2D eigenvalue weighted by Crippen LogP contribution is 2.15. The third kappa shape index (κ3) is 4.59. The molecule has 0 radical (unpaired) electrons. The lowest BCUT2D eigenvalue weighted by Crippen LogP contribution is -2.26. The van der Waals surface area contributed by atoms with E-state index in [9.17, 15) is 9.00 Å². The first-order valence-corrected chi connectivity index (χ1v) is 7.90. The van der Waals surface area contributed by atoms with Crippen molar-refractivity contribution in [2.75, 3.05) is 24.7 Å². The summed E-state index contributed by atoms with van der Waals surface area (Å²) < 4.78 is 12.3. The van der Waals surface area contributed by atoms with Gasteiger partial charge in [-0.25, -0.2) is 4.68 Å². The Labute approximate surface area is 119 Å². The van der Waals surface area contributed by atoms with Crippen molar-refractivity contribution < 1.29 is 9.32 Å². The minimum absolute atomic E-state index is 0.0497. The lowest BCUT2D eigenvalue weighted by molar-refractivity contribution is 0.266. The Balaban J connectivity index is 2.68. The van der Waals surface area contributed by atoms with E-state index in [1.165, 1.54) is 6.20 Å². The molecular formula is C11H18ClN3O3S. The molecule has 108 valence electrons. The van der Waals surface area contributed by atoms with Crippen LogP contribution in [0.4, 0.5) is 5.69 Å². The number of anilines is 1. The molecule has 2 atom stereocenters. The van der Waals surface area contributed by atoms with E-state index in [0.29, 0.717) is 18.7 Å². The van der Waals surface area contributed by atoms with E-state index < -0.39 is 16.4 Å². The van der Waals surface area contributed by atoms with Crippen LogP contribution in [0, 0.1) is 0 Å². The fourth-order valence-electron chi connectivity index (χ4n) is 1.42. The molecule has 0 aromatic carbocycles. The summed E-state index contributed by atoms with van der Waals surface area (Å²) >= 11 is 5.93. The quantitative estimate of drug-likeness (QED) is 0.764. The van der Waals surface area contributed by atoms with E-state index in [1.54, 1.807) is 6.26 Å². The van der Waals surface area contributed by atoms with Crippen LogP contribution in [0.5, 0.6) is 0 Å². The van der Waals surface area contributed by atoms with Gasteiger partial charge in [0, 0.05) is 28.9 Å². The normalized spacial score (nSPS) is 14.1. The highest BCUT2D eigenvalue weighted by atomic mass is 35.5. The Bertz CT molecular complexity index is 506. The number of aliphatic hydroxyl groups is 1. The molecule has 0 aliphatic rings. The molecule has 6 nitrogen and oxygen atoms in total. The van der Waals surface area contributed by atoms with Crippen LogP contribution in [0.25, 0.3) is 0 Å². The Hall–Kier alpha value is -0.920. The molecule has 0 aliphatic heterocycles. The van der Waals surface area contributed by atoms with Crippen LogP contribution in [0.3, 0.4) is 0 Å². The summed E-state index contributed by atoms with van der Waals surface area (Å²) in [5.41, 5.74) is 0.0165. The van der Waals surface area contributed by atoms with Gasteiger partial charge in [-0.1, -0.05) is 18.5 Å². The summed E-state index contributed by atoms with van der Waals surface area (Å²) in [7, 11) is -0.867. The standard InChI is InChI=1S/C11H18ClN3O3S/c1-8(19(2)18)3-4-13-9-7-14-15(5-6-16)11(17)10(9)12/h7-8,13,16H,3-6H2,1-2H3. The Kier molecular flexibility index (Phi) is 6.47. The number of aromatic nitrogens is 2. The second kappa shape index (κ2) is 7.62. The average molecular weight is 308 g/mol. The molecule has 0 fully saturated rings. The molecule has 1 heterocycles. The van der Waals surface area contributed by atoms with Crippen molar-refractivity contribution in [1.29, 1.82) is 0 Å². The molecule has 1 rings (SSSR count). The zero-order valence-corrected chi connectivity index (χ0v) is 12.5. The first kappa shape index (κ1) is 16.1. The highest BCUT2D eigenvalue weighted by molar-refractivity contribution is 7.84. The smallest absolute Gasteiger partial charge is 0.287 e. The molecule has 2 N–H and O–H groups in total. The van der Waals surface area contributed by atoms with Gasteiger partial charge in [-0.3, -0.25) is 9.00 Å². The molecule has 8 heteroatoms. The molecule has 0 bridgehead atoms. The highest BCUT2D eigenvalue weighted by Gasteiger charge is 2.10. The molecule has 1 aromatic heterocycles. The number of rotatable bonds is 7. The van der Waals surface area contributed by atoms with Gasteiger partial charge in [0.15, 0.2) is 0 Å². The van der Waals surface area contributed by atoms with Crippen molar-refractivity contribution in [3.05, 3.63) is 21.6 Å². The molecule has 0 aliphatic carbocycles. The minimum Gasteiger partial charge on any atom is -0.394 e. The van der Waals surface area contributed by atoms with Crippen LogP contribution >= 0.6 is 11.6 Å². The van der Waals surface area contributed by atoms with E-state index in [2.05, 4.69) is 10.4 Å². The predicted octanol–water partition coefficient (Wildman–Crippen LogP) is 0.458. The van der Waals surface area contributed by atoms with Crippen molar-refractivity contribution in [2.24, 2.45) is 0 Å². The monoisotopic (exact) mass is 307 g/mol. The van der Waals surface area contributed by atoms with Crippen LogP contribution in [-0.2, 0) is 17.3 Å². The van der Waals surface area contributed by atoms with Crippen LogP contribution < -0.4 is 10.9 Å². The fraction of sp³-hybridized carbons (Fsp3) is 0.636. The van der Waals surface area contributed by atoms with E-state index in [1.807, 2.05) is 6.92 Å². The van der Waals surface area contributed by atoms with E-state index in [0.717, 1.165) is 4.68 Å². The van der Waals surface area contributed by atoms with Gasteiger partial charge >= 0.3 is 0 Å². The van der Waals surface area contributed by atoms with E-state index >= 15 is 0 Å². The maximum Gasteiger partial charge on any atom is 0.287 e. The summed E-state index contributed by atoms with van der Waals surface area (Å²) in [6.07, 6.45) is 3.82. The lowest BCUT2D eigenvalue weighted by atomic mass is 10.3. The molecule has 1 aromatic rings. The molecule has 19 heavy (non-hydrogen) atoms. The molecule has 0 saturated carbocycles. The van der Waals surface area contributed by atoms with E-state index in [4.69, 9.17) is 16.7 Å². The van der Waals surface area contributed by atoms with Gasteiger partial charge in [0.2, 0.25) is 0 Å². The fourth-order valence-corrected chi connectivity index (χ4v) is 2.08. The summed E-state index contributed by atoms with van der Waals surface area (Å²) in [6, 6.07) is 0. The maximum atomic E-state index is 11.8. The molecular weight excluding hydrogens is 290 g/mol. The van der Waals surface area contributed by atoms with Gasteiger partial charge in [0.25, 0.3) is 5.56 Å². The summed E-state index contributed by atoms with van der Waals surface area (Å²) in [5, 5.41) is 15.8. The molecule has 0 amide bonds. The third-order valence-corrected chi connectivity index (χ3v) is 4.46.